The number of urea groups is 1. The SMILES string of the molecule is CN(C)C(=O)N1CCC(NCCc2nccn2C)CC1. The van der Waals surface area contributed by atoms with E-state index in [1.165, 1.54) is 0 Å². The molecule has 1 aliphatic heterocycles. The van der Waals surface area contributed by atoms with Crippen LogP contribution in [-0.2, 0) is 13.5 Å². The molecule has 1 saturated heterocycles. The van der Waals surface area contributed by atoms with Gasteiger partial charge in [-0.05, 0) is 12.8 Å². The number of piperidine rings is 1. The maximum Gasteiger partial charge on any atom is 0.319 e. The Morgan fingerprint density at radius 1 is 1.45 bits per heavy atom. The van der Waals surface area contributed by atoms with Gasteiger partial charge in [0.25, 0.3) is 0 Å². The van der Waals surface area contributed by atoms with Crippen molar-refractivity contribution in [2.45, 2.75) is 25.3 Å². The van der Waals surface area contributed by atoms with Gasteiger partial charge < -0.3 is 19.7 Å². The monoisotopic (exact) mass is 279 g/mol. The van der Waals surface area contributed by atoms with Crippen LogP contribution in [0.2, 0.25) is 0 Å². The second kappa shape index (κ2) is 6.74. The maximum absolute atomic E-state index is 11.8. The molecule has 6 heteroatoms. The van der Waals surface area contributed by atoms with Crippen molar-refractivity contribution in [2.75, 3.05) is 33.7 Å². The van der Waals surface area contributed by atoms with Crippen molar-refractivity contribution in [3.8, 4) is 0 Å². The Kier molecular flexibility index (Phi) is 5.00. The largest absolute Gasteiger partial charge is 0.338 e. The number of nitrogens with one attached hydrogen (secondary N) is 1. The van der Waals surface area contributed by atoms with Crippen molar-refractivity contribution in [3.63, 3.8) is 0 Å². The number of hydrogen-bond acceptors (Lipinski definition) is 3. The molecule has 1 aromatic heterocycles. The molecule has 0 saturated carbocycles. The van der Waals surface area contributed by atoms with Crippen LogP contribution in [0.4, 0.5) is 4.79 Å². The predicted octanol–water partition coefficient (Wildman–Crippen LogP) is 0.698. The second-order valence-electron chi connectivity index (χ2n) is 5.60. The van der Waals surface area contributed by atoms with Gasteiger partial charge in [0.05, 0.1) is 0 Å². The van der Waals surface area contributed by atoms with Crippen LogP contribution < -0.4 is 5.32 Å². The van der Waals surface area contributed by atoms with E-state index in [2.05, 4.69) is 14.9 Å². The van der Waals surface area contributed by atoms with E-state index in [4.69, 9.17) is 0 Å². The number of rotatable bonds is 4. The summed E-state index contributed by atoms with van der Waals surface area (Å²) >= 11 is 0. The second-order valence-corrected chi connectivity index (χ2v) is 5.60. The molecule has 0 unspecified atom stereocenters. The first-order valence-electron chi connectivity index (χ1n) is 7.23. The minimum atomic E-state index is 0.122. The molecule has 0 radical (unpaired) electrons. The Balaban J connectivity index is 1.67. The van der Waals surface area contributed by atoms with E-state index in [9.17, 15) is 4.79 Å². The topological polar surface area (TPSA) is 53.4 Å². The van der Waals surface area contributed by atoms with Crippen LogP contribution in [0.3, 0.4) is 0 Å². The highest BCUT2D eigenvalue weighted by Crippen LogP contribution is 2.11. The van der Waals surface area contributed by atoms with E-state index in [-0.39, 0.29) is 6.03 Å². The summed E-state index contributed by atoms with van der Waals surface area (Å²) in [6.45, 7) is 2.63. The molecule has 112 valence electrons. The van der Waals surface area contributed by atoms with Gasteiger partial charge in [0.2, 0.25) is 0 Å². The summed E-state index contributed by atoms with van der Waals surface area (Å²) in [5.41, 5.74) is 0. The molecule has 1 aromatic rings. The van der Waals surface area contributed by atoms with Gasteiger partial charge in [-0.15, -0.1) is 0 Å². The van der Waals surface area contributed by atoms with Crippen LogP contribution in [-0.4, -0.2) is 65.2 Å². The molecule has 0 bridgehead atoms. The van der Waals surface area contributed by atoms with Crippen molar-refractivity contribution < 1.29 is 4.79 Å². The highest BCUT2D eigenvalue weighted by molar-refractivity contribution is 5.73. The third kappa shape index (κ3) is 3.72. The van der Waals surface area contributed by atoms with Crippen LogP contribution in [0.25, 0.3) is 0 Å². The normalized spacial score (nSPS) is 16.4. The molecule has 1 fully saturated rings. The molecular weight excluding hydrogens is 254 g/mol. The fourth-order valence-corrected chi connectivity index (χ4v) is 2.58. The van der Waals surface area contributed by atoms with Crippen molar-refractivity contribution in [1.29, 1.82) is 0 Å². The molecule has 2 rings (SSSR count). The number of amides is 2. The van der Waals surface area contributed by atoms with Gasteiger partial charge in [-0.1, -0.05) is 0 Å². The molecule has 1 N–H and O–H groups in total. The van der Waals surface area contributed by atoms with Crippen LogP contribution >= 0.6 is 0 Å². The minimum absolute atomic E-state index is 0.122. The Morgan fingerprint density at radius 2 is 2.15 bits per heavy atom. The predicted molar refractivity (Wildman–Crippen MR) is 78.6 cm³/mol. The van der Waals surface area contributed by atoms with E-state index < -0.39 is 0 Å². The highest BCUT2D eigenvalue weighted by atomic mass is 16.2. The quantitative estimate of drug-likeness (QED) is 0.882. The Labute approximate surface area is 120 Å². The van der Waals surface area contributed by atoms with E-state index in [1.54, 1.807) is 19.0 Å². The Hall–Kier alpha value is -1.56. The fraction of sp³-hybridized carbons (Fsp3) is 0.714. The number of carbonyl (C=O) groups is 1. The first-order valence-corrected chi connectivity index (χ1v) is 7.23. The summed E-state index contributed by atoms with van der Waals surface area (Å²) in [6, 6.07) is 0.637. The van der Waals surface area contributed by atoms with Gasteiger partial charge in [0.15, 0.2) is 0 Å². The Bertz CT molecular complexity index is 435. The van der Waals surface area contributed by atoms with Crippen molar-refractivity contribution in [2.24, 2.45) is 7.05 Å². The molecule has 1 aliphatic rings. The lowest BCUT2D eigenvalue weighted by Gasteiger charge is -2.34. The first-order chi connectivity index (χ1) is 9.58. The molecule has 0 spiro atoms. The molecule has 0 atom stereocenters. The van der Waals surface area contributed by atoms with Gasteiger partial charge in [-0.2, -0.15) is 0 Å². The van der Waals surface area contributed by atoms with Gasteiger partial charge in [-0.25, -0.2) is 9.78 Å². The fourth-order valence-electron chi connectivity index (χ4n) is 2.58. The molecule has 2 amide bonds. The maximum atomic E-state index is 11.8. The first kappa shape index (κ1) is 14.8. The van der Waals surface area contributed by atoms with Gasteiger partial charge in [0.1, 0.15) is 5.82 Å². The molecular formula is C14H25N5O. The average molecular weight is 279 g/mol. The number of nitrogens with zero attached hydrogens (tertiary/aromatic N) is 4. The van der Waals surface area contributed by atoms with Crippen LogP contribution in [0.15, 0.2) is 12.4 Å². The third-order valence-corrected chi connectivity index (χ3v) is 3.85. The molecule has 0 aliphatic carbocycles. The van der Waals surface area contributed by atoms with Crippen molar-refractivity contribution >= 4 is 6.03 Å². The number of aryl methyl sites for hydroxylation is 1. The zero-order chi connectivity index (χ0) is 14.5. The average Bonchev–Trinajstić information content (AvgIpc) is 2.84. The van der Waals surface area contributed by atoms with Crippen LogP contribution in [0.5, 0.6) is 0 Å². The zero-order valence-electron chi connectivity index (χ0n) is 12.7. The zero-order valence-corrected chi connectivity index (χ0v) is 12.7. The molecule has 6 nitrogen and oxygen atoms in total. The Morgan fingerprint density at radius 3 is 2.70 bits per heavy atom. The van der Waals surface area contributed by atoms with Crippen molar-refractivity contribution in [3.05, 3.63) is 18.2 Å². The summed E-state index contributed by atoms with van der Waals surface area (Å²) in [4.78, 5) is 19.7. The van der Waals surface area contributed by atoms with E-state index in [1.807, 2.05) is 24.3 Å². The summed E-state index contributed by atoms with van der Waals surface area (Å²) in [7, 11) is 5.63. The molecule has 2 heterocycles. The van der Waals surface area contributed by atoms with Crippen LogP contribution in [0.1, 0.15) is 18.7 Å². The lowest BCUT2D eigenvalue weighted by atomic mass is 10.1. The van der Waals surface area contributed by atoms with E-state index >= 15 is 0 Å². The lowest BCUT2D eigenvalue weighted by Crippen LogP contribution is -2.48. The standard InChI is InChI=1S/C14H25N5O/c1-17(2)14(20)19-9-5-12(6-10-19)15-7-4-13-16-8-11-18(13)3/h8,11-12,15H,4-7,9-10H2,1-3H3. The summed E-state index contributed by atoms with van der Waals surface area (Å²) in [5.74, 6) is 1.11. The van der Waals surface area contributed by atoms with Crippen molar-refractivity contribution in [1.82, 2.24) is 24.7 Å². The van der Waals surface area contributed by atoms with Gasteiger partial charge in [-0.3, -0.25) is 0 Å². The molecule has 20 heavy (non-hydrogen) atoms. The summed E-state index contributed by atoms with van der Waals surface area (Å²) in [6.07, 6.45) is 6.81. The summed E-state index contributed by atoms with van der Waals surface area (Å²) < 4.78 is 2.06. The highest BCUT2D eigenvalue weighted by Gasteiger charge is 2.23. The number of imidazole rings is 1. The lowest BCUT2D eigenvalue weighted by molar-refractivity contribution is 0.152. The van der Waals surface area contributed by atoms with Gasteiger partial charge in [0, 0.05) is 65.6 Å². The summed E-state index contributed by atoms with van der Waals surface area (Å²) in [5, 5.41) is 3.57. The number of carbonyl (C=O) groups excluding carboxylic acids is 1. The number of likely N-dealkylation sites (tertiary alicyclic amines) is 1. The van der Waals surface area contributed by atoms with Gasteiger partial charge >= 0.3 is 6.03 Å². The minimum Gasteiger partial charge on any atom is -0.338 e. The third-order valence-electron chi connectivity index (χ3n) is 3.85. The molecule has 0 aromatic carbocycles. The smallest absolute Gasteiger partial charge is 0.319 e. The van der Waals surface area contributed by atoms with E-state index in [0.717, 1.165) is 44.7 Å². The number of aromatic nitrogens is 2. The number of hydrogen-bond donors (Lipinski definition) is 1. The van der Waals surface area contributed by atoms with E-state index in [0.29, 0.717) is 6.04 Å². The van der Waals surface area contributed by atoms with Crippen LogP contribution in [0, 0.1) is 0 Å².